The minimum atomic E-state index is -4.21. The molecule has 44 heavy (non-hydrogen) atoms. The molecule has 2 aliphatic rings. The smallest absolute Gasteiger partial charge is 0.394 e. The molecule has 2 fully saturated rings. The van der Waals surface area contributed by atoms with Gasteiger partial charge in [-0.05, 0) is 95.0 Å². The summed E-state index contributed by atoms with van der Waals surface area (Å²) in [5, 5.41) is 8.44. The zero-order valence-corrected chi connectivity index (χ0v) is 26.5. The van der Waals surface area contributed by atoms with E-state index in [1.807, 2.05) is 18.3 Å². The van der Waals surface area contributed by atoms with Crippen molar-refractivity contribution in [2.24, 2.45) is 11.3 Å². The summed E-state index contributed by atoms with van der Waals surface area (Å²) in [6, 6.07) is 8.57. The van der Waals surface area contributed by atoms with E-state index < -0.39 is 17.5 Å². The molecule has 238 valence electrons. The normalized spacial score (nSPS) is 18.7. The summed E-state index contributed by atoms with van der Waals surface area (Å²) in [5.41, 5.74) is 0.0128. The molecule has 13 heteroatoms. The van der Waals surface area contributed by atoms with E-state index in [9.17, 15) is 18.0 Å². The Labute approximate surface area is 265 Å². The topological polar surface area (TPSA) is 94.0 Å². The fourth-order valence-electron chi connectivity index (χ4n) is 5.61. The Morgan fingerprint density at radius 3 is 2.66 bits per heavy atom. The maximum Gasteiger partial charge on any atom is 0.394 e. The number of amides is 1. The Bertz CT molecular complexity index is 1430. The van der Waals surface area contributed by atoms with Gasteiger partial charge in [0.05, 0.1) is 17.6 Å². The molecule has 8 nitrogen and oxygen atoms in total. The molecular formula is C31H38ClF3N6O2S. The lowest BCUT2D eigenvalue weighted by Crippen LogP contribution is -2.31. The number of carbonyl (C=O) groups excluding carboxylic acids is 1. The summed E-state index contributed by atoms with van der Waals surface area (Å²) >= 11 is 7.41. The molecule has 1 aliphatic carbocycles. The van der Waals surface area contributed by atoms with Gasteiger partial charge in [0.15, 0.2) is 5.82 Å². The van der Waals surface area contributed by atoms with Crippen molar-refractivity contribution < 1.29 is 22.7 Å². The molecule has 1 amide bonds. The summed E-state index contributed by atoms with van der Waals surface area (Å²) in [5.74, 6) is 0.878. The zero-order valence-electron chi connectivity index (χ0n) is 24.9. The third-order valence-corrected chi connectivity index (χ3v) is 9.48. The van der Waals surface area contributed by atoms with Crippen molar-refractivity contribution >= 4 is 29.5 Å². The van der Waals surface area contributed by atoms with E-state index >= 15 is 0 Å². The molecule has 0 spiro atoms. The molecule has 4 heterocycles. The first-order valence-electron chi connectivity index (χ1n) is 15.0. The van der Waals surface area contributed by atoms with Crippen LogP contribution in [-0.2, 0) is 6.42 Å². The van der Waals surface area contributed by atoms with Crippen molar-refractivity contribution in [3.05, 3.63) is 59.0 Å². The number of ether oxygens (including phenoxy) is 1. The predicted molar refractivity (Wildman–Crippen MR) is 164 cm³/mol. The van der Waals surface area contributed by atoms with Gasteiger partial charge in [0, 0.05) is 35.9 Å². The molecule has 1 aliphatic heterocycles. The fourth-order valence-corrected chi connectivity index (χ4v) is 6.40. The van der Waals surface area contributed by atoms with Crippen LogP contribution in [0.15, 0.2) is 47.8 Å². The molecule has 5 rings (SSSR count). The predicted octanol–water partition coefficient (Wildman–Crippen LogP) is 7.36. The number of pyridine rings is 2. The van der Waals surface area contributed by atoms with Crippen molar-refractivity contribution in [2.45, 2.75) is 88.4 Å². The number of hydrogen-bond donors (Lipinski definition) is 2. The highest BCUT2D eigenvalue weighted by molar-refractivity contribution is 7.97. The molecule has 1 saturated heterocycles. The Hall–Kier alpha value is -2.83. The number of unbranched alkanes of at least 4 members (excludes halogenated alkanes) is 2. The number of alkyl halides is 3. The summed E-state index contributed by atoms with van der Waals surface area (Å²) in [6.07, 6.45) is 6.47. The molecule has 1 atom stereocenters. The number of aromatic nitrogens is 4. The number of carbonyl (C=O) groups is 1. The van der Waals surface area contributed by atoms with Gasteiger partial charge in [-0.15, -0.1) is 5.10 Å². The van der Waals surface area contributed by atoms with Gasteiger partial charge in [-0.1, -0.05) is 30.5 Å². The van der Waals surface area contributed by atoms with Crippen molar-refractivity contribution in [2.75, 3.05) is 13.2 Å². The maximum absolute atomic E-state index is 13.1. The van der Waals surface area contributed by atoms with Crippen LogP contribution in [0.5, 0.6) is 5.88 Å². The largest absolute Gasteiger partial charge is 0.477 e. The van der Waals surface area contributed by atoms with Gasteiger partial charge in [0.1, 0.15) is 10.2 Å². The standard InChI is InChI=1S/C31H38ClF3N6O2S/c1-29(2)18-22(20-37-29)7-5-3-4-6-21-8-11-26(36-19-21)44-40-28(42)23-9-10-24(38-27(23)32)41-16-12-25(39-41)43-17-15-30(13-14-30)31(33,34)35/h8-12,16,19,22,37H,3-7,13-15,17-18,20H2,1-2H3,(H,40,42). The highest BCUT2D eigenvalue weighted by Crippen LogP contribution is 2.59. The quantitative estimate of drug-likeness (QED) is 0.107. The van der Waals surface area contributed by atoms with Crippen LogP contribution in [0.2, 0.25) is 5.15 Å². The average molecular weight is 651 g/mol. The summed E-state index contributed by atoms with van der Waals surface area (Å²) < 4.78 is 48.9. The van der Waals surface area contributed by atoms with Crippen LogP contribution in [0.4, 0.5) is 13.2 Å². The van der Waals surface area contributed by atoms with Crippen molar-refractivity contribution in [3.63, 3.8) is 0 Å². The van der Waals surface area contributed by atoms with Crippen LogP contribution in [0.3, 0.4) is 0 Å². The Morgan fingerprint density at radius 2 is 2.00 bits per heavy atom. The van der Waals surface area contributed by atoms with Crippen molar-refractivity contribution in [1.82, 2.24) is 29.8 Å². The van der Waals surface area contributed by atoms with E-state index in [4.69, 9.17) is 16.3 Å². The monoisotopic (exact) mass is 650 g/mol. The van der Waals surface area contributed by atoms with E-state index in [2.05, 4.69) is 39.0 Å². The first-order valence-corrected chi connectivity index (χ1v) is 16.2. The van der Waals surface area contributed by atoms with Gasteiger partial charge in [0.25, 0.3) is 5.91 Å². The van der Waals surface area contributed by atoms with E-state index in [0.717, 1.165) is 37.3 Å². The highest BCUT2D eigenvalue weighted by atomic mass is 35.5. The minimum Gasteiger partial charge on any atom is -0.477 e. The van der Waals surface area contributed by atoms with Crippen LogP contribution in [0.1, 0.15) is 81.1 Å². The molecule has 2 N–H and O–H groups in total. The van der Waals surface area contributed by atoms with Crippen molar-refractivity contribution in [3.8, 4) is 11.7 Å². The van der Waals surface area contributed by atoms with Crippen LogP contribution >= 0.6 is 23.5 Å². The lowest BCUT2D eigenvalue weighted by atomic mass is 9.92. The number of nitrogens with zero attached hydrogens (tertiary/aromatic N) is 4. The van der Waals surface area contributed by atoms with E-state index in [0.29, 0.717) is 10.8 Å². The maximum atomic E-state index is 13.1. The van der Waals surface area contributed by atoms with Gasteiger partial charge < -0.3 is 10.1 Å². The van der Waals surface area contributed by atoms with Gasteiger partial charge >= 0.3 is 6.18 Å². The lowest BCUT2D eigenvalue weighted by Gasteiger charge is -2.18. The molecule has 1 saturated carbocycles. The van der Waals surface area contributed by atoms with E-state index in [1.165, 1.54) is 48.1 Å². The molecule has 1 unspecified atom stereocenters. The zero-order chi connectivity index (χ0) is 31.4. The molecule has 0 radical (unpaired) electrons. The highest BCUT2D eigenvalue weighted by Gasteiger charge is 2.62. The van der Waals surface area contributed by atoms with Crippen LogP contribution < -0.4 is 14.8 Å². The second-order valence-corrected chi connectivity index (χ2v) is 13.6. The molecular weight excluding hydrogens is 613 g/mol. The first kappa shape index (κ1) is 32.6. The van der Waals surface area contributed by atoms with Gasteiger partial charge in [-0.3, -0.25) is 9.52 Å². The third-order valence-electron chi connectivity index (χ3n) is 8.46. The average Bonchev–Trinajstić information content (AvgIpc) is 3.50. The number of halogens is 4. The second kappa shape index (κ2) is 13.7. The Kier molecular flexibility index (Phi) is 10.1. The summed E-state index contributed by atoms with van der Waals surface area (Å²) in [7, 11) is 0. The minimum absolute atomic E-state index is 0.0179. The van der Waals surface area contributed by atoms with Crippen LogP contribution in [0, 0.1) is 11.3 Å². The lowest BCUT2D eigenvalue weighted by molar-refractivity contribution is -0.190. The van der Waals surface area contributed by atoms with Crippen molar-refractivity contribution in [1.29, 1.82) is 0 Å². The van der Waals surface area contributed by atoms with E-state index in [-0.39, 0.29) is 48.0 Å². The number of rotatable bonds is 14. The summed E-state index contributed by atoms with van der Waals surface area (Å²) in [6.45, 7) is 5.59. The van der Waals surface area contributed by atoms with Gasteiger partial charge in [0.2, 0.25) is 5.88 Å². The second-order valence-electron chi connectivity index (χ2n) is 12.5. The summed E-state index contributed by atoms with van der Waals surface area (Å²) in [4.78, 5) is 21.5. The molecule has 0 aromatic carbocycles. The Balaban J connectivity index is 1.03. The SMILES string of the molecule is CC1(C)CC(CCCCCc2ccc(SNC(=O)c3ccc(-n4ccc(OCCC5(C(F)(F)F)CC5)n4)nc3Cl)nc2)CN1. The number of hydrogen-bond acceptors (Lipinski definition) is 7. The van der Waals surface area contributed by atoms with Gasteiger partial charge in [-0.2, -0.15) is 13.2 Å². The van der Waals surface area contributed by atoms with E-state index in [1.54, 1.807) is 12.3 Å². The van der Waals surface area contributed by atoms with Crippen LogP contribution in [-0.4, -0.2) is 50.5 Å². The van der Waals surface area contributed by atoms with Gasteiger partial charge in [-0.25, -0.2) is 14.6 Å². The molecule has 3 aromatic heterocycles. The van der Waals surface area contributed by atoms with Crippen LogP contribution in [0.25, 0.3) is 5.82 Å². The number of nitrogens with one attached hydrogen (secondary N) is 2. The molecule has 0 bridgehead atoms. The fraction of sp³-hybridized carbons (Fsp3) is 0.548. The Morgan fingerprint density at radius 1 is 1.18 bits per heavy atom. The molecule has 3 aromatic rings. The third kappa shape index (κ3) is 8.45. The first-order chi connectivity index (χ1) is 20.9. The number of aryl methyl sites for hydroxylation is 1.